The number of rotatable bonds is 7. The van der Waals surface area contributed by atoms with E-state index in [9.17, 15) is 14.7 Å². The zero-order valence-corrected chi connectivity index (χ0v) is 15.2. The van der Waals surface area contributed by atoms with Gasteiger partial charge in [0.05, 0.1) is 5.92 Å². The number of carboxylic acids is 1. The van der Waals surface area contributed by atoms with Crippen LogP contribution < -0.4 is 5.32 Å². The number of benzene rings is 1. The van der Waals surface area contributed by atoms with Gasteiger partial charge in [-0.1, -0.05) is 44.2 Å². The minimum Gasteiger partial charge on any atom is -0.481 e. The normalized spacial score (nSPS) is 18.3. The van der Waals surface area contributed by atoms with E-state index in [-0.39, 0.29) is 13.2 Å². The molecule has 5 heteroatoms. The average molecular weight is 347 g/mol. The largest absolute Gasteiger partial charge is 0.481 e. The van der Waals surface area contributed by atoms with Crippen LogP contribution >= 0.6 is 0 Å². The van der Waals surface area contributed by atoms with Crippen LogP contribution in [0.3, 0.4) is 0 Å². The van der Waals surface area contributed by atoms with Crippen LogP contribution in [0.15, 0.2) is 30.3 Å². The summed E-state index contributed by atoms with van der Waals surface area (Å²) in [6.07, 6.45) is 4.45. The molecule has 2 N–H and O–H groups in total. The maximum atomic E-state index is 11.8. The van der Waals surface area contributed by atoms with Gasteiger partial charge in [-0.25, -0.2) is 4.79 Å². The van der Waals surface area contributed by atoms with Crippen molar-refractivity contribution in [3.05, 3.63) is 35.9 Å². The van der Waals surface area contributed by atoms with E-state index in [4.69, 9.17) is 4.74 Å². The fourth-order valence-corrected chi connectivity index (χ4v) is 3.35. The molecule has 138 valence electrons. The molecule has 0 aliphatic heterocycles. The van der Waals surface area contributed by atoms with E-state index in [1.54, 1.807) is 0 Å². The maximum Gasteiger partial charge on any atom is 0.407 e. The van der Waals surface area contributed by atoms with Crippen molar-refractivity contribution in [2.45, 2.75) is 52.6 Å². The number of carbonyl (C=O) groups is 2. The van der Waals surface area contributed by atoms with Gasteiger partial charge in [0, 0.05) is 6.54 Å². The van der Waals surface area contributed by atoms with E-state index in [0.29, 0.717) is 17.8 Å². The van der Waals surface area contributed by atoms with Crippen LogP contribution in [0, 0.1) is 17.3 Å². The summed E-state index contributed by atoms with van der Waals surface area (Å²) in [6.45, 7) is 4.83. The summed E-state index contributed by atoms with van der Waals surface area (Å²) >= 11 is 0. The van der Waals surface area contributed by atoms with E-state index in [2.05, 4.69) is 19.2 Å². The number of carbonyl (C=O) groups excluding carboxylic acids is 1. The van der Waals surface area contributed by atoms with Gasteiger partial charge in [-0.15, -0.1) is 0 Å². The Labute approximate surface area is 149 Å². The van der Waals surface area contributed by atoms with Gasteiger partial charge in [0.25, 0.3) is 0 Å². The van der Waals surface area contributed by atoms with Crippen molar-refractivity contribution in [3.63, 3.8) is 0 Å². The lowest BCUT2D eigenvalue weighted by atomic mass is 9.71. The summed E-state index contributed by atoms with van der Waals surface area (Å²) < 4.78 is 5.13. The van der Waals surface area contributed by atoms with Gasteiger partial charge in [0.15, 0.2) is 0 Å². The van der Waals surface area contributed by atoms with Gasteiger partial charge in [-0.05, 0) is 49.0 Å². The zero-order valence-electron chi connectivity index (χ0n) is 15.2. The summed E-state index contributed by atoms with van der Waals surface area (Å²) in [5.74, 6) is -0.986. The van der Waals surface area contributed by atoms with E-state index < -0.39 is 18.0 Å². The Morgan fingerprint density at radius 1 is 1.24 bits per heavy atom. The lowest BCUT2D eigenvalue weighted by Crippen LogP contribution is -2.35. The summed E-state index contributed by atoms with van der Waals surface area (Å²) in [4.78, 5) is 23.3. The molecule has 1 unspecified atom stereocenters. The monoisotopic (exact) mass is 347 g/mol. The molecule has 1 fully saturated rings. The minimum absolute atomic E-state index is 0.114. The number of amides is 1. The Bertz CT molecular complexity index is 560. The standard InChI is InChI=1S/C20H29NO4/c1-20(2)10-8-15(9-11-20)12-17(18(22)23)13-21-19(24)25-14-16-6-4-3-5-7-16/h3-7,15,17H,8-14H2,1-2H3,(H,21,24)(H,22,23). The van der Waals surface area contributed by atoms with Gasteiger partial charge < -0.3 is 15.2 Å². The molecule has 0 radical (unpaired) electrons. The molecule has 1 aromatic carbocycles. The minimum atomic E-state index is -0.854. The summed E-state index contributed by atoms with van der Waals surface area (Å²) in [6, 6.07) is 9.40. The second-order valence-electron chi connectivity index (χ2n) is 7.82. The molecule has 1 aliphatic rings. The number of hydrogen-bond donors (Lipinski definition) is 2. The van der Waals surface area contributed by atoms with Gasteiger partial charge in [-0.2, -0.15) is 0 Å². The highest BCUT2D eigenvalue weighted by Crippen LogP contribution is 2.40. The van der Waals surface area contributed by atoms with Gasteiger partial charge in [0.1, 0.15) is 6.61 Å². The highest BCUT2D eigenvalue weighted by molar-refractivity contribution is 5.72. The molecule has 0 bridgehead atoms. The van der Waals surface area contributed by atoms with Crippen molar-refractivity contribution in [2.24, 2.45) is 17.3 Å². The number of nitrogens with one attached hydrogen (secondary N) is 1. The second-order valence-corrected chi connectivity index (χ2v) is 7.82. The fraction of sp³-hybridized carbons (Fsp3) is 0.600. The number of ether oxygens (including phenoxy) is 1. The van der Waals surface area contributed by atoms with E-state index in [1.165, 1.54) is 0 Å². The highest BCUT2D eigenvalue weighted by Gasteiger charge is 2.30. The van der Waals surface area contributed by atoms with Gasteiger partial charge in [-0.3, -0.25) is 4.79 Å². The number of hydrogen-bond acceptors (Lipinski definition) is 3. The molecule has 5 nitrogen and oxygen atoms in total. The molecule has 1 aromatic rings. The first kappa shape index (κ1) is 19.3. The predicted molar refractivity (Wildman–Crippen MR) is 96.1 cm³/mol. The molecule has 0 aromatic heterocycles. The fourth-order valence-electron chi connectivity index (χ4n) is 3.35. The lowest BCUT2D eigenvalue weighted by Gasteiger charge is -2.35. The SMILES string of the molecule is CC1(C)CCC(CC(CNC(=O)OCc2ccccc2)C(=O)O)CC1. The molecule has 2 rings (SSSR count). The lowest BCUT2D eigenvalue weighted by molar-refractivity contribution is -0.142. The maximum absolute atomic E-state index is 11.8. The van der Waals surface area contributed by atoms with Crippen molar-refractivity contribution in [1.82, 2.24) is 5.32 Å². The topological polar surface area (TPSA) is 75.6 Å². The Morgan fingerprint density at radius 2 is 1.88 bits per heavy atom. The van der Waals surface area contributed by atoms with Crippen LogP contribution in [0.5, 0.6) is 0 Å². The Balaban J connectivity index is 1.73. The molecule has 0 heterocycles. The molecule has 1 atom stereocenters. The smallest absolute Gasteiger partial charge is 0.407 e. The number of aliphatic carboxylic acids is 1. The molecule has 0 saturated heterocycles. The molecule has 25 heavy (non-hydrogen) atoms. The first-order valence-electron chi connectivity index (χ1n) is 9.03. The van der Waals surface area contributed by atoms with Crippen LogP contribution in [-0.4, -0.2) is 23.7 Å². The summed E-state index contributed by atoms with van der Waals surface area (Å²) in [7, 11) is 0. The predicted octanol–water partition coefficient (Wildman–Crippen LogP) is 4.22. The van der Waals surface area contributed by atoms with Crippen molar-refractivity contribution >= 4 is 12.1 Å². The van der Waals surface area contributed by atoms with Crippen molar-refractivity contribution in [2.75, 3.05) is 6.54 Å². The molecular formula is C20H29NO4. The quantitative estimate of drug-likeness (QED) is 0.774. The van der Waals surface area contributed by atoms with Crippen molar-refractivity contribution < 1.29 is 19.4 Å². The van der Waals surface area contributed by atoms with Gasteiger partial charge in [0.2, 0.25) is 0 Å². The summed E-state index contributed by atoms with van der Waals surface area (Å²) in [5.41, 5.74) is 1.27. The molecular weight excluding hydrogens is 318 g/mol. The van der Waals surface area contributed by atoms with Crippen LogP contribution in [0.4, 0.5) is 4.79 Å². The van der Waals surface area contributed by atoms with E-state index in [1.807, 2.05) is 30.3 Å². The Hall–Kier alpha value is -2.04. The number of carboxylic acid groups (broad SMARTS) is 1. The van der Waals surface area contributed by atoms with Crippen molar-refractivity contribution in [3.8, 4) is 0 Å². The summed E-state index contributed by atoms with van der Waals surface area (Å²) in [5, 5.41) is 12.0. The first-order chi connectivity index (χ1) is 11.9. The van der Waals surface area contributed by atoms with Crippen LogP contribution in [0.25, 0.3) is 0 Å². The molecule has 1 amide bonds. The highest BCUT2D eigenvalue weighted by atomic mass is 16.5. The Morgan fingerprint density at radius 3 is 2.48 bits per heavy atom. The second kappa shape index (κ2) is 8.88. The molecule has 0 spiro atoms. The van der Waals surface area contributed by atoms with Crippen LogP contribution in [0.2, 0.25) is 0 Å². The molecule has 1 saturated carbocycles. The van der Waals surface area contributed by atoms with Crippen LogP contribution in [0.1, 0.15) is 51.5 Å². The van der Waals surface area contributed by atoms with Crippen molar-refractivity contribution in [1.29, 1.82) is 0 Å². The Kier molecular flexibility index (Phi) is 6.85. The molecule has 1 aliphatic carbocycles. The van der Waals surface area contributed by atoms with E-state index in [0.717, 1.165) is 31.2 Å². The third kappa shape index (κ3) is 6.77. The third-order valence-corrected chi connectivity index (χ3v) is 5.13. The number of alkyl carbamates (subject to hydrolysis) is 1. The van der Waals surface area contributed by atoms with E-state index >= 15 is 0 Å². The average Bonchev–Trinajstić information content (AvgIpc) is 2.58. The third-order valence-electron chi connectivity index (χ3n) is 5.13. The first-order valence-corrected chi connectivity index (χ1v) is 9.03. The van der Waals surface area contributed by atoms with Crippen LogP contribution in [-0.2, 0) is 16.1 Å². The zero-order chi connectivity index (χ0) is 18.3. The van der Waals surface area contributed by atoms with Gasteiger partial charge >= 0.3 is 12.1 Å².